The van der Waals surface area contributed by atoms with E-state index < -0.39 is 22.8 Å². The van der Waals surface area contributed by atoms with Crippen molar-refractivity contribution in [1.29, 1.82) is 0 Å². The topological polar surface area (TPSA) is 74.6 Å². The van der Waals surface area contributed by atoms with Gasteiger partial charge in [-0.2, -0.15) is 0 Å². The molecular weight excluding hydrogens is 448 g/mol. The van der Waals surface area contributed by atoms with Crippen LogP contribution in [-0.2, 0) is 20.4 Å². The van der Waals surface area contributed by atoms with Gasteiger partial charge in [-0.3, -0.25) is 9.59 Å². The summed E-state index contributed by atoms with van der Waals surface area (Å²) in [5, 5.41) is 21.0. The van der Waals surface area contributed by atoms with Crippen molar-refractivity contribution in [3.05, 3.63) is 142 Å². The van der Waals surface area contributed by atoms with Crippen molar-refractivity contribution >= 4 is 11.9 Å². The Balaban J connectivity index is 1.80. The fourth-order valence-electron chi connectivity index (χ4n) is 8.03. The van der Waals surface area contributed by atoms with Gasteiger partial charge in [0.05, 0.1) is 12.8 Å². The van der Waals surface area contributed by atoms with Crippen molar-refractivity contribution in [2.45, 2.75) is 35.5 Å². The predicted molar refractivity (Wildman–Crippen MR) is 136 cm³/mol. The minimum Gasteiger partial charge on any atom is -0.481 e. The number of hydrogen-bond donors (Lipinski definition) is 2. The highest BCUT2D eigenvalue weighted by Gasteiger charge is 2.66. The molecule has 0 spiro atoms. The van der Waals surface area contributed by atoms with Gasteiger partial charge in [0.1, 0.15) is 0 Å². The zero-order chi connectivity index (χ0) is 24.7. The van der Waals surface area contributed by atoms with E-state index in [1.165, 1.54) is 0 Å². The highest BCUT2D eigenvalue weighted by Crippen LogP contribution is 2.70. The summed E-state index contributed by atoms with van der Waals surface area (Å²) in [6.45, 7) is 0. The molecule has 4 aromatic carbocycles. The Bertz CT molecular complexity index is 1370. The first-order chi connectivity index (χ1) is 17.5. The fraction of sp³-hybridized carbons (Fsp3) is 0.188. The lowest BCUT2D eigenvalue weighted by atomic mass is 9.39. The van der Waals surface area contributed by atoms with Crippen LogP contribution in [0.2, 0.25) is 0 Å². The number of aliphatic carboxylic acids is 2. The molecule has 0 atom stereocenters. The van der Waals surface area contributed by atoms with Crippen molar-refractivity contribution in [2.24, 2.45) is 0 Å². The Labute approximate surface area is 208 Å². The second-order valence-electron chi connectivity index (χ2n) is 10.3. The molecule has 10 rings (SSSR count). The second-order valence-corrected chi connectivity index (χ2v) is 10.3. The molecule has 4 aromatic rings. The van der Waals surface area contributed by atoms with Gasteiger partial charge in [0.15, 0.2) is 0 Å². The summed E-state index contributed by atoms with van der Waals surface area (Å²) in [6, 6.07) is 32.5. The zero-order valence-electron chi connectivity index (χ0n) is 19.5. The third-order valence-electron chi connectivity index (χ3n) is 8.92. The number of benzene rings is 4. The van der Waals surface area contributed by atoms with Crippen LogP contribution in [-0.4, -0.2) is 22.2 Å². The SMILES string of the molecule is O=C(O)CC12c3ccccc3C(c3ccccc31)C1c3ccccc3C2(CC(=O)O)c2ccccc21. The largest absolute Gasteiger partial charge is 0.481 e. The Hall–Kier alpha value is -4.18. The smallest absolute Gasteiger partial charge is 0.304 e. The summed E-state index contributed by atoms with van der Waals surface area (Å²) in [5.41, 5.74) is 5.91. The van der Waals surface area contributed by atoms with Gasteiger partial charge in [0.2, 0.25) is 0 Å². The average Bonchev–Trinajstić information content (AvgIpc) is 2.88. The zero-order valence-corrected chi connectivity index (χ0v) is 19.5. The molecule has 6 aliphatic rings. The van der Waals surface area contributed by atoms with Crippen LogP contribution in [0.25, 0.3) is 0 Å². The van der Waals surface area contributed by atoms with Gasteiger partial charge < -0.3 is 10.2 Å². The Morgan fingerprint density at radius 2 is 0.750 bits per heavy atom. The van der Waals surface area contributed by atoms with E-state index in [2.05, 4.69) is 24.3 Å². The Morgan fingerprint density at radius 1 is 0.500 bits per heavy atom. The van der Waals surface area contributed by atoms with E-state index in [9.17, 15) is 19.8 Å². The second kappa shape index (κ2) is 7.17. The maximum absolute atomic E-state index is 12.8. The molecular formula is C32H24O4. The molecule has 36 heavy (non-hydrogen) atoms. The molecule has 0 aliphatic heterocycles. The van der Waals surface area contributed by atoms with Crippen LogP contribution in [0.4, 0.5) is 0 Å². The number of carboxylic acids is 2. The Morgan fingerprint density at radius 3 is 1.00 bits per heavy atom. The minimum absolute atomic E-state index is 0.00949. The van der Waals surface area contributed by atoms with Gasteiger partial charge in [0.25, 0.3) is 0 Å². The van der Waals surface area contributed by atoms with Gasteiger partial charge in [-0.25, -0.2) is 0 Å². The summed E-state index contributed by atoms with van der Waals surface area (Å²) in [4.78, 5) is 25.7. The van der Waals surface area contributed by atoms with E-state index in [-0.39, 0.29) is 24.7 Å². The van der Waals surface area contributed by atoms with Crippen molar-refractivity contribution in [3.8, 4) is 0 Å². The van der Waals surface area contributed by atoms with Crippen LogP contribution in [0.1, 0.15) is 69.2 Å². The van der Waals surface area contributed by atoms with Gasteiger partial charge in [0, 0.05) is 22.7 Å². The lowest BCUT2D eigenvalue weighted by molar-refractivity contribution is -0.142. The van der Waals surface area contributed by atoms with E-state index in [0.29, 0.717) is 0 Å². The van der Waals surface area contributed by atoms with Crippen LogP contribution in [0.15, 0.2) is 97.1 Å². The summed E-state index contributed by atoms with van der Waals surface area (Å²) in [7, 11) is 0. The molecule has 0 saturated heterocycles. The molecule has 0 unspecified atom stereocenters. The standard InChI is InChI=1S/C32H24O4/c33-27(34)17-31-23-13-5-1-9-19(23)29(20-10-2-6-14-24(20)31)30-21-11-3-7-15-25(21)32(31,18-28(35)36)26-16-8-4-12-22(26)30/h1-16,29-30H,17-18H2,(H,33,34)(H,35,36). The number of hydrogen-bond acceptors (Lipinski definition) is 2. The lowest BCUT2D eigenvalue weighted by Gasteiger charge is -2.62. The molecule has 2 N–H and O–H groups in total. The van der Waals surface area contributed by atoms with Crippen LogP contribution in [0.5, 0.6) is 0 Å². The normalized spacial score (nSPS) is 26.1. The van der Waals surface area contributed by atoms with Gasteiger partial charge in [-0.1, -0.05) is 97.1 Å². The molecule has 4 bridgehead atoms. The average molecular weight is 473 g/mol. The molecule has 0 amide bonds. The number of carboxylic acid groups (broad SMARTS) is 2. The molecule has 176 valence electrons. The molecule has 0 heterocycles. The van der Waals surface area contributed by atoms with E-state index in [0.717, 1.165) is 44.5 Å². The molecule has 0 saturated carbocycles. The molecule has 0 aromatic heterocycles. The van der Waals surface area contributed by atoms with Crippen molar-refractivity contribution in [2.75, 3.05) is 0 Å². The molecule has 6 aliphatic carbocycles. The van der Waals surface area contributed by atoms with Crippen LogP contribution in [0, 0.1) is 0 Å². The maximum atomic E-state index is 12.8. The maximum Gasteiger partial charge on any atom is 0.304 e. The molecule has 0 radical (unpaired) electrons. The summed E-state index contributed by atoms with van der Waals surface area (Å²) < 4.78 is 0. The summed E-state index contributed by atoms with van der Waals surface area (Å²) in [5.74, 6) is -1.91. The first kappa shape index (κ1) is 21.1. The lowest BCUT2D eigenvalue weighted by Crippen LogP contribution is -2.59. The van der Waals surface area contributed by atoms with Gasteiger partial charge in [-0.05, 0) is 44.5 Å². The summed E-state index contributed by atoms with van der Waals surface area (Å²) in [6.07, 6.45) is -0.428. The Kier molecular flexibility index (Phi) is 4.21. The van der Waals surface area contributed by atoms with Gasteiger partial charge >= 0.3 is 11.9 Å². The minimum atomic E-state index is -1.11. The fourth-order valence-corrected chi connectivity index (χ4v) is 8.03. The van der Waals surface area contributed by atoms with Crippen LogP contribution < -0.4 is 0 Å². The first-order valence-corrected chi connectivity index (χ1v) is 12.3. The first-order valence-electron chi connectivity index (χ1n) is 12.3. The van der Waals surface area contributed by atoms with E-state index >= 15 is 0 Å². The van der Waals surface area contributed by atoms with Crippen LogP contribution >= 0.6 is 0 Å². The summed E-state index contributed by atoms with van der Waals surface area (Å²) >= 11 is 0. The highest BCUT2D eigenvalue weighted by atomic mass is 16.4. The number of carbonyl (C=O) groups is 2. The van der Waals surface area contributed by atoms with E-state index in [1.54, 1.807) is 0 Å². The highest BCUT2D eigenvalue weighted by molar-refractivity contribution is 5.82. The van der Waals surface area contributed by atoms with Crippen molar-refractivity contribution < 1.29 is 19.8 Å². The van der Waals surface area contributed by atoms with Crippen molar-refractivity contribution in [1.82, 2.24) is 0 Å². The predicted octanol–water partition coefficient (Wildman–Crippen LogP) is 5.81. The molecule has 4 heteroatoms. The number of rotatable bonds is 4. The van der Waals surface area contributed by atoms with E-state index in [1.807, 2.05) is 72.8 Å². The van der Waals surface area contributed by atoms with Crippen LogP contribution in [0.3, 0.4) is 0 Å². The van der Waals surface area contributed by atoms with Gasteiger partial charge in [-0.15, -0.1) is 0 Å². The third kappa shape index (κ3) is 2.34. The van der Waals surface area contributed by atoms with Crippen molar-refractivity contribution in [3.63, 3.8) is 0 Å². The third-order valence-corrected chi connectivity index (χ3v) is 8.92. The molecule has 0 fully saturated rings. The quantitative estimate of drug-likeness (QED) is 0.393. The van der Waals surface area contributed by atoms with E-state index in [4.69, 9.17) is 0 Å². The monoisotopic (exact) mass is 472 g/mol. The molecule has 4 nitrogen and oxygen atoms in total.